The van der Waals surface area contributed by atoms with Crippen LogP contribution in [0.25, 0.3) is 22.1 Å². The number of imidazole rings is 1. The van der Waals surface area contributed by atoms with E-state index in [2.05, 4.69) is 31.3 Å². The number of para-hydroxylation sites is 1. The molecule has 2 N–H and O–H groups in total. The average molecular weight is 426 g/mol. The molecule has 9 nitrogen and oxygen atoms in total. The molecule has 0 amide bonds. The lowest BCUT2D eigenvalue weighted by atomic mass is 10.2. The van der Waals surface area contributed by atoms with Crippen molar-refractivity contribution in [3.05, 3.63) is 67.4 Å². The molecule has 1 aliphatic rings. The fourth-order valence-corrected chi connectivity index (χ4v) is 4.28. The second kappa shape index (κ2) is 7.61. The predicted octanol–water partition coefficient (Wildman–Crippen LogP) is 3.17. The first-order chi connectivity index (χ1) is 15.8. The first-order valence-corrected chi connectivity index (χ1v) is 10.7. The van der Waals surface area contributed by atoms with Gasteiger partial charge in [0.1, 0.15) is 17.7 Å². The van der Waals surface area contributed by atoms with Crippen LogP contribution in [-0.4, -0.2) is 53.4 Å². The number of aromatic nitrogens is 6. The van der Waals surface area contributed by atoms with Gasteiger partial charge in [0.05, 0.1) is 36.2 Å². The van der Waals surface area contributed by atoms with E-state index in [0.29, 0.717) is 17.6 Å². The third-order valence-electron chi connectivity index (χ3n) is 5.93. The summed E-state index contributed by atoms with van der Waals surface area (Å²) in [6, 6.07) is 14.1. The Bertz CT molecular complexity index is 1410. The zero-order chi connectivity index (χ0) is 21.5. The lowest BCUT2D eigenvalue weighted by molar-refractivity contribution is 0.265. The van der Waals surface area contributed by atoms with Crippen LogP contribution in [0, 0.1) is 0 Å². The fraction of sp³-hybridized carbons (Fsp3) is 0.217. The number of hydrogen-bond acceptors (Lipinski definition) is 7. The SMILES string of the molecule is OC[C@@H]1CCCN1c1nc(Nc2cn(-c3cnc4ccccc4c3)cn2)c2cccn2n1. The Morgan fingerprint density at radius 1 is 1.12 bits per heavy atom. The number of rotatable bonds is 5. The highest BCUT2D eigenvalue weighted by atomic mass is 16.3. The number of hydrogen-bond donors (Lipinski definition) is 2. The first-order valence-electron chi connectivity index (χ1n) is 10.7. The van der Waals surface area contributed by atoms with Crippen molar-refractivity contribution in [1.82, 2.24) is 29.1 Å². The molecule has 1 saturated heterocycles. The molecule has 9 heteroatoms. The summed E-state index contributed by atoms with van der Waals surface area (Å²) in [6.07, 6.45) is 9.37. The highest BCUT2D eigenvalue weighted by molar-refractivity contribution is 5.80. The van der Waals surface area contributed by atoms with Crippen LogP contribution in [0.15, 0.2) is 67.4 Å². The molecule has 1 aromatic carbocycles. The van der Waals surface area contributed by atoms with Gasteiger partial charge < -0.3 is 19.9 Å². The van der Waals surface area contributed by atoms with E-state index in [1.165, 1.54) is 0 Å². The molecule has 0 aliphatic carbocycles. The zero-order valence-electron chi connectivity index (χ0n) is 17.3. The highest BCUT2D eigenvalue weighted by Gasteiger charge is 2.27. The monoisotopic (exact) mass is 426 g/mol. The summed E-state index contributed by atoms with van der Waals surface area (Å²) < 4.78 is 3.74. The summed E-state index contributed by atoms with van der Waals surface area (Å²) in [5.41, 5.74) is 2.75. The minimum atomic E-state index is 0.0514. The number of anilines is 3. The highest BCUT2D eigenvalue weighted by Crippen LogP contribution is 2.27. The molecule has 160 valence electrons. The standard InChI is InChI=1S/C23H22N8O/c32-14-17-6-3-9-30(17)23-27-22(20-8-4-10-31(20)28-23)26-21-13-29(15-25-21)18-11-16-5-1-2-7-19(16)24-12-18/h1-2,4-5,7-8,10-13,15,17,32H,3,6,9,14H2,(H,26,27,28)/t17-/m0/s1. The van der Waals surface area contributed by atoms with E-state index < -0.39 is 0 Å². The van der Waals surface area contributed by atoms with Crippen molar-refractivity contribution in [1.29, 1.82) is 0 Å². The number of benzene rings is 1. The summed E-state index contributed by atoms with van der Waals surface area (Å²) >= 11 is 0. The van der Waals surface area contributed by atoms with Gasteiger partial charge in [0.2, 0.25) is 5.95 Å². The maximum Gasteiger partial charge on any atom is 0.245 e. The van der Waals surface area contributed by atoms with Gasteiger partial charge in [-0.15, -0.1) is 5.10 Å². The quantitative estimate of drug-likeness (QED) is 0.446. The lowest BCUT2D eigenvalue weighted by Crippen LogP contribution is -2.34. The number of nitrogens with zero attached hydrogens (tertiary/aromatic N) is 7. The minimum Gasteiger partial charge on any atom is -0.394 e. The van der Waals surface area contributed by atoms with Gasteiger partial charge in [-0.05, 0) is 37.1 Å². The Morgan fingerprint density at radius 3 is 3.00 bits per heavy atom. The van der Waals surface area contributed by atoms with E-state index in [1.54, 1.807) is 6.33 Å². The average Bonchev–Trinajstić information content (AvgIpc) is 3.58. The van der Waals surface area contributed by atoms with Crippen LogP contribution in [0.5, 0.6) is 0 Å². The molecule has 0 saturated carbocycles. The van der Waals surface area contributed by atoms with Crippen molar-refractivity contribution in [3.63, 3.8) is 0 Å². The van der Waals surface area contributed by atoms with Crippen molar-refractivity contribution in [2.45, 2.75) is 18.9 Å². The van der Waals surface area contributed by atoms with Gasteiger partial charge >= 0.3 is 0 Å². The zero-order valence-corrected chi connectivity index (χ0v) is 17.3. The van der Waals surface area contributed by atoms with Gasteiger partial charge in [-0.2, -0.15) is 4.98 Å². The molecule has 0 unspecified atom stereocenters. The Kier molecular flexibility index (Phi) is 4.46. The molecule has 5 heterocycles. The van der Waals surface area contributed by atoms with Crippen molar-refractivity contribution in [2.24, 2.45) is 0 Å². The molecule has 1 fully saturated rings. The number of aliphatic hydroxyl groups is 1. The predicted molar refractivity (Wildman–Crippen MR) is 123 cm³/mol. The van der Waals surface area contributed by atoms with E-state index >= 15 is 0 Å². The summed E-state index contributed by atoms with van der Waals surface area (Å²) in [6.45, 7) is 0.932. The number of fused-ring (bicyclic) bond motifs is 2. The van der Waals surface area contributed by atoms with Crippen LogP contribution in [0.2, 0.25) is 0 Å². The second-order valence-electron chi connectivity index (χ2n) is 7.95. The molecule has 0 spiro atoms. The smallest absolute Gasteiger partial charge is 0.245 e. The summed E-state index contributed by atoms with van der Waals surface area (Å²) in [4.78, 5) is 15.9. The van der Waals surface area contributed by atoms with Crippen LogP contribution in [0.3, 0.4) is 0 Å². The van der Waals surface area contributed by atoms with E-state index in [9.17, 15) is 5.11 Å². The molecule has 4 aromatic heterocycles. The van der Waals surface area contributed by atoms with E-state index in [-0.39, 0.29) is 12.6 Å². The van der Waals surface area contributed by atoms with Crippen LogP contribution < -0.4 is 10.2 Å². The van der Waals surface area contributed by atoms with Crippen LogP contribution in [0.4, 0.5) is 17.6 Å². The van der Waals surface area contributed by atoms with Crippen molar-refractivity contribution < 1.29 is 5.11 Å². The van der Waals surface area contributed by atoms with Crippen molar-refractivity contribution in [3.8, 4) is 5.69 Å². The maximum atomic E-state index is 9.72. The van der Waals surface area contributed by atoms with E-state index in [1.807, 2.05) is 64.1 Å². The third kappa shape index (κ3) is 3.23. The van der Waals surface area contributed by atoms with Gasteiger partial charge in [0.15, 0.2) is 5.82 Å². The maximum absolute atomic E-state index is 9.72. The molecule has 6 rings (SSSR count). The second-order valence-corrected chi connectivity index (χ2v) is 7.95. The number of nitrogens with one attached hydrogen (secondary N) is 1. The van der Waals surface area contributed by atoms with Gasteiger partial charge in [-0.3, -0.25) is 4.98 Å². The Balaban J connectivity index is 1.33. The molecule has 32 heavy (non-hydrogen) atoms. The molecular formula is C23H22N8O. The Labute approximate surface area is 184 Å². The summed E-state index contributed by atoms with van der Waals surface area (Å²) in [7, 11) is 0. The van der Waals surface area contributed by atoms with E-state index in [0.717, 1.165) is 41.5 Å². The fourth-order valence-electron chi connectivity index (χ4n) is 4.28. The van der Waals surface area contributed by atoms with Crippen LogP contribution >= 0.6 is 0 Å². The normalized spacial score (nSPS) is 16.3. The lowest BCUT2D eigenvalue weighted by Gasteiger charge is -2.23. The summed E-state index contributed by atoms with van der Waals surface area (Å²) in [5, 5.41) is 18.8. The molecule has 0 bridgehead atoms. The van der Waals surface area contributed by atoms with Crippen LogP contribution in [-0.2, 0) is 0 Å². The van der Waals surface area contributed by atoms with Gasteiger partial charge in [0.25, 0.3) is 0 Å². The third-order valence-corrected chi connectivity index (χ3v) is 5.93. The molecule has 1 atom stereocenters. The minimum absolute atomic E-state index is 0.0514. The van der Waals surface area contributed by atoms with Crippen LogP contribution in [0.1, 0.15) is 12.8 Å². The van der Waals surface area contributed by atoms with Gasteiger partial charge in [-0.1, -0.05) is 18.2 Å². The first kappa shape index (κ1) is 18.8. The summed E-state index contributed by atoms with van der Waals surface area (Å²) in [5.74, 6) is 1.95. The molecule has 1 aliphatic heterocycles. The van der Waals surface area contributed by atoms with Gasteiger partial charge in [-0.25, -0.2) is 9.50 Å². The van der Waals surface area contributed by atoms with E-state index in [4.69, 9.17) is 4.98 Å². The number of aliphatic hydroxyl groups excluding tert-OH is 1. The Hall–Kier alpha value is -3.98. The molecular weight excluding hydrogens is 404 g/mol. The number of pyridine rings is 1. The molecule has 5 aromatic rings. The topological polar surface area (TPSA) is 96.4 Å². The van der Waals surface area contributed by atoms with Crippen molar-refractivity contribution >= 4 is 34.0 Å². The van der Waals surface area contributed by atoms with Crippen molar-refractivity contribution in [2.75, 3.05) is 23.4 Å². The largest absolute Gasteiger partial charge is 0.394 e. The molecule has 0 radical (unpaired) electrons. The Morgan fingerprint density at radius 2 is 2.06 bits per heavy atom. The van der Waals surface area contributed by atoms with Gasteiger partial charge in [0, 0.05) is 18.1 Å².